The predicted octanol–water partition coefficient (Wildman–Crippen LogP) is 2.08. The number of nitrogen functional groups attached to an aromatic ring is 1. The predicted molar refractivity (Wildman–Crippen MR) is 71.8 cm³/mol. The largest absolute Gasteiger partial charge is 0.398 e. The maximum atomic E-state index is 13.5. The van der Waals surface area contributed by atoms with Crippen molar-refractivity contribution >= 4 is 27.1 Å². The van der Waals surface area contributed by atoms with Gasteiger partial charge in [-0.25, -0.2) is 26.7 Å². The highest BCUT2D eigenvalue weighted by atomic mass is 32.2. The van der Waals surface area contributed by atoms with Crippen molar-refractivity contribution in [3.8, 4) is 0 Å². The smallest absolute Gasteiger partial charge is 0.240 e. The Bertz CT molecular complexity index is 810. The summed E-state index contributed by atoms with van der Waals surface area (Å²) in [4.78, 5) is -0.293. The molecule has 112 valence electrons. The third-order valence-electron chi connectivity index (χ3n) is 2.61. The topological polar surface area (TPSA) is 98.2 Å². The van der Waals surface area contributed by atoms with Crippen molar-refractivity contribution in [2.24, 2.45) is 5.14 Å². The maximum absolute atomic E-state index is 13.5. The molecular weight excluding hydrogens is 307 g/mol. The number of sulfonamides is 1. The lowest BCUT2D eigenvalue weighted by molar-refractivity contribution is 0.496. The molecule has 0 radical (unpaired) electrons. The van der Waals surface area contributed by atoms with Crippen LogP contribution in [0.15, 0.2) is 35.2 Å². The van der Waals surface area contributed by atoms with Crippen molar-refractivity contribution in [2.75, 3.05) is 11.1 Å². The van der Waals surface area contributed by atoms with Gasteiger partial charge in [-0.05, 0) is 18.2 Å². The maximum Gasteiger partial charge on any atom is 0.240 e. The molecule has 2 aromatic rings. The SMILES string of the molecule is Nc1cc(Nc2cc(F)c(F)cc2F)ccc1S(N)(=O)=O. The van der Waals surface area contributed by atoms with Crippen molar-refractivity contribution < 1.29 is 21.6 Å². The average molecular weight is 317 g/mol. The molecule has 0 saturated heterocycles. The minimum Gasteiger partial charge on any atom is -0.398 e. The van der Waals surface area contributed by atoms with Crippen LogP contribution in [0.3, 0.4) is 0 Å². The Morgan fingerprint density at radius 2 is 1.57 bits per heavy atom. The van der Waals surface area contributed by atoms with Gasteiger partial charge in [0.25, 0.3) is 0 Å². The summed E-state index contributed by atoms with van der Waals surface area (Å²) < 4.78 is 61.7. The van der Waals surface area contributed by atoms with Crippen molar-refractivity contribution in [2.45, 2.75) is 4.90 Å². The molecule has 0 saturated carbocycles. The lowest BCUT2D eigenvalue weighted by Crippen LogP contribution is -2.14. The number of primary sulfonamides is 1. The molecule has 0 spiro atoms. The van der Waals surface area contributed by atoms with Crippen LogP contribution in [0.5, 0.6) is 0 Å². The Balaban J connectivity index is 2.38. The van der Waals surface area contributed by atoms with Crippen molar-refractivity contribution in [3.05, 3.63) is 47.8 Å². The molecule has 0 aliphatic carbocycles. The molecule has 0 aliphatic heterocycles. The number of halogens is 3. The highest BCUT2D eigenvalue weighted by Crippen LogP contribution is 2.26. The average Bonchev–Trinajstić information content (AvgIpc) is 2.34. The molecule has 2 aromatic carbocycles. The summed E-state index contributed by atoms with van der Waals surface area (Å²) in [5.74, 6) is -3.56. The third kappa shape index (κ3) is 3.26. The fraction of sp³-hybridized carbons (Fsp3) is 0. The zero-order valence-electron chi connectivity index (χ0n) is 10.4. The summed E-state index contributed by atoms with van der Waals surface area (Å²) in [5, 5.41) is 7.40. The number of nitrogens with one attached hydrogen (secondary N) is 1. The van der Waals surface area contributed by atoms with E-state index >= 15 is 0 Å². The van der Waals surface area contributed by atoms with Gasteiger partial charge >= 0.3 is 0 Å². The van der Waals surface area contributed by atoms with Crippen molar-refractivity contribution in [1.82, 2.24) is 0 Å². The van der Waals surface area contributed by atoms with Gasteiger partial charge in [0.1, 0.15) is 10.7 Å². The lowest BCUT2D eigenvalue weighted by Gasteiger charge is -2.10. The quantitative estimate of drug-likeness (QED) is 0.596. The number of rotatable bonds is 3. The van der Waals surface area contributed by atoms with Crippen LogP contribution in [0.25, 0.3) is 0 Å². The Kier molecular flexibility index (Phi) is 3.79. The highest BCUT2D eigenvalue weighted by Gasteiger charge is 2.14. The molecule has 0 unspecified atom stereocenters. The molecule has 2 rings (SSSR count). The summed E-state index contributed by atoms with van der Waals surface area (Å²) in [6, 6.07) is 4.58. The second-order valence-electron chi connectivity index (χ2n) is 4.17. The van der Waals surface area contributed by atoms with E-state index < -0.39 is 27.5 Å². The molecule has 5 nitrogen and oxygen atoms in total. The normalized spacial score (nSPS) is 11.4. The van der Waals surface area contributed by atoms with Crippen LogP contribution in [-0.4, -0.2) is 8.42 Å². The monoisotopic (exact) mass is 317 g/mol. The summed E-state index contributed by atoms with van der Waals surface area (Å²) in [6.07, 6.45) is 0. The van der Waals surface area contributed by atoms with Gasteiger partial charge in [-0.1, -0.05) is 0 Å². The van der Waals surface area contributed by atoms with Crippen LogP contribution in [0.1, 0.15) is 0 Å². The second-order valence-corrected chi connectivity index (χ2v) is 5.70. The molecule has 0 aliphatic rings. The first-order valence-electron chi connectivity index (χ1n) is 5.52. The zero-order chi connectivity index (χ0) is 15.8. The number of nitrogens with two attached hydrogens (primary N) is 2. The van der Waals surface area contributed by atoms with E-state index in [1.54, 1.807) is 0 Å². The molecule has 0 bridgehead atoms. The molecular formula is C12H10F3N3O2S. The second kappa shape index (κ2) is 5.26. The van der Waals surface area contributed by atoms with Crippen LogP contribution in [0.2, 0.25) is 0 Å². The van der Waals surface area contributed by atoms with Gasteiger partial charge in [0.15, 0.2) is 11.6 Å². The van der Waals surface area contributed by atoms with Gasteiger partial charge < -0.3 is 11.1 Å². The summed E-state index contributed by atoms with van der Waals surface area (Å²) in [6.45, 7) is 0. The van der Waals surface area contributed by atoms with Gasteiger partial charge in [-0.2, -0.15) is 0 Å². The third-order valence-corrected chi connectivity index (χ3v) is 3.59. The van der Waals surface area contributed by atoms with Gasteiger partial charge in [0.2, 0.25) is 10.0 Å². The van der Waals surface area contributed by atoms with Crippen LogP contribution in [0, 0.1) is 17.5 Å². The standard InChI is InChI=1S/C12H10F3N3O2S/c13-7-4-9(15)11(5-8(7)14)18-6-1-2-12(10(16)3-6)21(17,19)20/h1-5,18H,16H2,(H2,17,19,20). The first kappa shape index (κ1) is 15.1. The Labute approximate surface area is 118 Å². The lowest BCUT2D eigenvalue weighted by atomic mass is 10.2. The molecule has 5 N–H and O–H groups in total. The number of anilines is 3. The minimum atomic E-state index is -3.98. The van der Waals surface area contributed by atoms with Crippen LogP contribution in [0.4, 0.5) is 30.2 Å². The highest BCUT2D eigenvalue weighted by molar-refractivity contribution is 7.89. The fourth-order valence-corrected chi connectivity index (χ4v) is 2.30. The van der Waals surface area contributed by atoms with E-state index in [0.29, 0.717) is 12.1 Å². The van der Waals surface area contributed by atoms with E-state index in [0.717, 1.165) is 6.07 Å². The molecule has 0 atom stereocenters. The molecule has 0 heterocycles. The zero-order valence-corrected chi connectivity index (χ0v) is 11.2. The van der Waals surface area contributed by atoms with E-state index in [9.17, 15) is 21.6 Å². The molecule has 21 heavy (non-hydrogen) atoms. The summed E-state index contributed by atoms with van der Waals surface area (Å²) in [7, 11) is -3.98. The number of hydrogen-bond acceptors (Lipinski definition) is 4. The number of benzene rings is 2. The first-order valence-corrected chi connectivity index (χ1v) is 7.07. The Hall–Kier alpha value is -2.26. The number of hydrogen-bond donors (Lipinski definition) is 3. The van der Waals surface area contributed by atoms with E-state index in [2.05, 4.69) is 5.32 Å². The van der Waals surface area contributed by atoms with Crippen LogP contribution in [-0.2, 0) is 10.0 Å². The van der Waals surface area contributed by atoms with E-state index in [1.165, 1.54) is 12.1 Å². The minimum absolute atomic E-state index is 0.162. The van der Waals surface area contributed by atoms with Crippen LogP contribution < -0.4 is 16.2 Å². The fourth-order valence-electron chi connectivity index (χ4n) is 1.66. The first-order chi connectivity index (χ1) is 9.68. The van der Waals surface area contributed by atoms with E-state index in [-0.39, 0.29) is 22.0 Å². The van der Waals surface area contributed by atoms with Crippen molar-refractivity contribution in [1.29, 1.82) is 0 Å². The Morgan fingerprint density at radius 3 is 2.14 bits per heavy atom. The van der Waals surface area contributed by atoms with Gasteiger partial charge in [-0.15, -0.1) is 0 Å². The van der Waals surface area contributed by atoms with Gasteiger partial charge in [0, 0.05) is 17.8 Å². The van der Waals surface area contributed by atoms with E-state index in [1.807, 2.05) is 0 Å². The molecule has 0 amide bonds. The molecule has 0 aromatic heterocycles. The van der Waals surface area contributed by atoms with Gasteiger partial charge in [-0.3, -0.25) is 0 Å². The van der Waals surface area contributed by atoms with E-state index in [4.69, 9.17) is 10.9 Å². The molecule has 9 heteroatoms. The summed E-state index contributed by atoms with van der Waals surface area (Å²) >= 11 is 0. The summed E-state index contributed by atoms with van der Waals surface area (Å²) in [5.41, 5.74) is 5.23. The van der Waals surface area contributed by atoms with Gasteiger partial charge in [0.05, 0.1) is 11.4 Å². The molecule has 0 fully saturated rings. The Morgan fingerprint density at radius 1 is 0.952 bits per heavy atom. The van der Waals surface area contributed by atoms with Crippen LogP contribution >= 0.6 is 0 Å². The van der Waals surface area contributed by atoms with Crippen molar-refractivity contribution in [3.63, 3.8) is 0 Å².